The third-order valence-electron chi connectivity index (χ3n) is 6.23. The number of fused-ring (bicyclic) bond motifs is 3. The van der Waals surface area contributed by atoms with Gasteiger partial charge < -0.3 is 15.4 Å². The van der Waals surface area contributed by atoms with Crippen molar-refractivity contribution in [2.45, 2.75) is 55.5 Å². The molecule has 172 valence electrons. The number of aryl methyl sites for hydroxylation is 1. The molecule has 0 fully saturated rings. The molecule has 12 heteroatoms. The van der Waals surface area contributed by atoms with E-state index in [1.54, 1.807) is 7.05 Å². The number of halogens is 2. The van der Waals surface area contributed by atoms with Gasteiger partial charge >= 0.3 is 6.03 Å². The third kappa shape index (κ3) is 3.65. The number of carbonyl (C=O) groups excluding carboxylic acids is 1. The van der Waals surface area contributed by atoms with Crippen molar-refractivity contribution in [2.24, 2.45) is 9.50 Å². The van der Waals surface area contributed by atoms with Crippen molar-refractivity contribution >= 4 is 21.6 Å². The fourth-order valence-electron chi connectivity index (χ4n) is 4.71. The van der Waals surface area contributed by atoms with Crippen LogP contribution in [0, 0.1) is 0 Å². The molecule has 1 aromatic heterocycles. The first-order valence-corrected chi connectivity index (χ1v) is 12.0. The number of nitrogens with zero attached hydrogens (tertiary/aromatic N) is 3. The first kappa shape index (κ1) is 21.3. The molecule has 0 saturated carbocycles. The summed E-state index contributed by atoms with van der Waals surface area (Å²) < 4.78 is 52.1. The summed E-state index contributed by atoms with van der Waals surface area (Å²) in [7, 11) is -1.87. The number of aromatic nitrogens is 2. The van der Waals surface area contributed by atoms with Crippen molar-refractivity contribution in [2.75, 3.05) is 19.0 Å². The molecule has 4 N–H and O–H groups in total. The van der Waals surface area contributed by atoms with E-state index in [0.29, 0.717) is 36.4 Å². The van der Waals surface area contributed by atoms with Gasteiger partial charge in [0.25, 0.3) is 5.92 Å². The largest absolute Gasteiger partial charge is 0.475 e. The van der Waals surface area contributed by atoms with Crippen molar-refractivity contribution < 1.29 is 22.5 Å². The number of nitrogens with one attached hydrogen (secondary N) is 2. The molecule has 9 nitrogen and oxygen atoms in total. The molecule has 0 unspecified atom stereocenters. The van der Waals surface area contributed by atoms with Gasteiger partial charge in [0.05, 0.1) is 18.8 Å². The van der Waals surface area contributed by atoms with Gasteiger partial charge in [-0.2, -0.15) is 5.10 Å². The molecular formula is C20H24F2N6O3S. The monoisotopic (exact) mass is 466 g/mol. The SMILES string of the molecule is CN[C@@H]1COc2c([S@@](N)(=O)=NC(=O)Nc3c4c(cc5c3CC(F)(F)C5)CCC4)cnn2C1. The molecule has 0 saturated heterocycles. The van der Waals surface area contributed by atoms with E-state index in [4.69, 9.17) is 9.88 Å². The highest BCUT2D eigenvalue weighted by Crippen LogP contribution is 2.43. The van der Waals surface area contributed by atoms with Crippen LogP contribution in [0.25, 0.3) is 0 Å². The Balaban J connectivity index is 1.46. The summed E-state index contributed by atoms with van der Waals surface area (Å²) in [6.07, 6.45) is 2.83. The standard InChI is InChI=1S/C20H24F2N6O3S/c1-24-13-9-28-18(31-10-13)16(8-25-28)32(23,30)27-19(29)26-17-14-4-2-3-11(14)5-12-6-20(21,22)7-15(12)17/h5,8,13,24H,2-4,6-7,9-10H2,1H3,(H3,23,26,27,29,30)/t13-,32-/m0/s1. The van der Waals surface area contributed by atoms with E-state index in [-0.39, 0.29) is 23.2 Å². The van der Waals surface area contributed by atoms with Crippen LogP contribution >= 0.6 is 0 Å². The number of urea groups is 1. The van der Waals surface area contributed by atoms with Gasteiger partial charge in [0.15, 0.2) is 9.92 Å². The van der Waals surface area contributed by atoms with Crippen LogP contribution in [-0.2, 0) is 42.1 Å². The van der Waals surface area contributed by atoms with Gasteiger partial charge in [-0.15, -0.1) is 4.36 Å². The highest BCUT2D eigenvalue weighted by Gasteiger charge is 2.40. The highest BCUT2D eigenvalue weighted by atomic mass is 32.2. The lowest BCUT2D eigenvalue weighted by molar-refractivity contribution is 0.0131. The number of hydrogen-bond donors (Lipinski definition) is 3. The maximum absolute atomic E-state index is 14.1. The number of carbonyl (C=O) groups is 1. The molecule has 2 heterocycles. The molecule has 1 aliphatic heterocycles. The second-order valence-corrected chi connectivity index (χ2v) is 10.2. The zero-order chi connectivity index (χ0) is 22.7. The van der Waals surface area contributed by atoms with Crippen LogP contribution in [-0.4, -0.2) is 45.6 Å². The zero-order valence-corrected chi connectivity index (χ0v) is 18.3. The Morgan fingerprint density at radius 2 is 2.16 bits per heavy atom. The molecule has 0 spiro atoms. The van der Waals surface area contributed by atoms with Crippen molar-refractivity contribution in [3.63, 3.8) is 0 Å². The van der Waals surface area contributed by atoms with E-state index in [1.807, 2.05) is 6.07 Å². The maximum Gasteiger partial charge on any atom is 0.354 e. The van der Waals surface area contributed by atoms with Crippen LogP contribution < -0.4 is 20.5 Å². The Morgan fingerprint density at radius 3 is 2.94 bits per heavy atom. The fourth-order valence-corrected chi connectivity index (χ4v) is 5.72. The minimum Gasteiger partial charge on any atom is -0.475 e. The topological polar surface area (TPSA) is 124 Å². The molecule has 2 aliphatic carbocycles. The molecule has 0 bridgehead atoms. The van der Waals surface area contributed by atoms with E-state index in [2.05, 4.69) is 20.1 Å². The molecule has 0 radical (unpaired) electrons. The minimum absolute atomic E-state index is 0.0252. The van der Waals surface area contributed by atoms with Crippen LogP contribution in [0.5, 0.6) is 5.88 Å². The summed E-state index contributed by atoms with van der Waals surface area (Å²) in [6.45, 7) is 0.817. The Hall–Kier alpha value is -2.57. The second-order valence-electron chi connectivity index (χ2n) is 8.47. The number of benzene rings is 1. The van der Waals surface area contributed by atoms with Crippen LogP contribution in [0.1, 0.15) is 28.7 Å². The van der Waals surface area contributed by atoms with Gasteiger partial charge in [-0.1, -0.05) is 6.07 Å². The summed E-state index contributed by atoms with van der Waals surface area (Å²) in [5.74, 6) is -2.64. The van der Waals surface area contributed by atoms with E-state index in [1.165, 1.54) is 10.9 Å². The lowest BCUT2D eigenvalue weighted by Crippen LogP contribution is -2.40. The number of hydrogen-bond acceptors (Lipinski definition) is 5. The lowest BCUT2D eigenvalue weighted by Gasteiger charge is -2.24. The number of rotatable bonds is 3. The zero-order valence-electron chi connectivity index (χ0n) is 17.5. The predicted molar refractivity (Wildman–Crippen MR) is 113 cm³/mol. The number of likely N-dealkylation sites (N-methyl/N-ethyl adjacent to an activating group) is 1. The molecule has 2 amide bonds. The van der Waals surface area contributed by atoms with Crippen LogP contribution in [0.3, 0.4) is 0 Å². The third-order valence-corrected chi connectivity index (χ3v) is 7.58. The maximum atomic E-state index is 14.1. The van der Waals surface area contributed by atoms with Gasteiger partial charge in [0, 0.05) is 18.5 Å². The molecule has 32 heavy (non-hydrogen) atoms. The van der Waals surface area contributed by atoms with Crippen molar-refractivity contribution in [1.82, 2.24) is 15.1 Å². The minimum atomic E-state index is -3.67. The summed E-state index contributed by atoms with van der Waals surface area (Å²) in [4.78, 5) is 12.8. The number of ether oxygens (including phenoxy) is 1. The second kappa shape index (κ2) is 7.49. The summed E-state index contributed by atoms with van der Waals surface area (Å²) >= 11 is 0. The van der Waals surface area contributed by atoms with E-state index in [9.17, 15) is 17.8 Å². The first-order chi connectivity index (χ1) is 15.2. The number of anilines is 1. The quantitative estimate of drug-likeness (QED) is 0.639. The summed E-state index contributed by atoms with van der Waals surface area (Å²) in [5.41, 5.74) is 3.13. The van der Waals surface area contributed by atoms with Crippen molar-refractivity contribution in [3.8, 4) is 5.88 Å². The van der Waals surface area contributed by atoms with Gasteiger partial charge in [0.2, 0.25) is 5.88 Å². The van der Waals surface area contributed by atoms with Gasteiger partial charge in [-0.05, 0) is 48.6 Å². The Labute approximate surface area is 184 Å². The molecule has 3 aliphatic rings. The number of amides is 2. The van der Waals surface area contributed by atoms with Gasteiger partial charge in [-0.25, -0.2) is 27.6 Å². The molecule has 1 aromatic carbocycles. The van der Waals surface area contributed by atoms with E-state index in [0.717, 1.165) is 24.0 Å². The van der Waals surface area contributed by atoms with E-state index < -0.39 is 28.3 Å². The molecule has 2 atom stereocenters. The summed E-state index contributed by atoms with van der Waals surface area (Å²) in [5, 5.41) is 15.8. The molecule has 2 aromatic rings. The smallest absolute Gasteiger partial charge is 0.354 e. The van der Waals surface area contributed by atoms with E-state index >= 15 is 0 Å². The Bertz CT molecular complexity index is 1230. The van der Waals surface area contributed by atoms with Crippen molar-refractivity contribution in [3.05, 3.63) is 34.5 Å². The molecular weight excluding hydrogens is 442 g/mol. The number of alkyl halides is 2. The summed E-state index contributed by atoms with van der Waals surface area (Å²) in [6, 6.07) is 0.913. The Morgan fingerprint density at radius 1 is 1.34 bits per heavy atom. The highest BCUT2D eigenvalue weighted by molar-refractivity contribution is 7.91. The van der Waals surface area contributed by atoms with Gasteiger partial charge in [-0.3, -0.25) is 0 Å². The first-order valence-electron chi connectivity index (χ1n) is 10.4. The Kier molecular flexibility index (Phi) is 4.98. The number of nitrogens with two attached hydrogens (primary N) is 1. The average molecular weight is 467 g/mol. The fraction of sp³-hybridized carbons (Fsp3) is 0.500. The average Bonchev–Trinajstić information content (AvgIpc) is 3.42. The van der Waals surface area contributed by atoms with Crippen LogP contribution in [0.2, 0.25) is 0 Å². The normalized spacial score (nSPS) is 22.3. The lowest BCUT2D eigenvalue weighted by atomic mass is 9.99. The van der Waals surface area contributed by atoms with Crippen LogP contribution in [0.15, 0.2) is 21.5 Å². The van der Waals surface area contributed by atoms with Gasteiger partial charge in [0.1, 0.15) is 11.5 Å². The molecule has 5 rings (SSSR count). The van der Waals surface area contributed by atoms with Crippen LogP contribution in [0.4, 0.5) is 19.3 Å². The van der Waals surface area contributed by atoms with Crippen molar-refractivity contribution in [1.29, 1.82) is 0 Å². The predicted octanol–water partition coefficient (Wildman–Crippen LogP) is 2.02.